The van der Waals surface area contributed by atoms with E-state index in [4.69, 9.17) is 27.8 Å². The molecule has 72 heavy (non-hydrogen) atoms. The second-order valence-electron chi connectivity index (χ2n) is 19.2. The quantitative estimate of drug-likeness (QED) is 0.0173. The fourth-order valence-electron chi connectivity index (χ4n) is 9.01. The number of nitrogens with zero attached hydrogens (tertiary/aromatic N) is 2. The molecule has 2 aromatic rings. The van der Waals surface area contributed by atoms with Crippen LogP contribution < -0.4 is 20.3 Å². The number of aromatic nitrogens is 2. The molecule has 0 bridgehead atoms. The van der Waals surface area contributed by atoms with Crippen LogP contribution in [0.1, 0.15) is 173 Å². The van der Waals surface area contributed by atoms with Gasteiger partial charge in [-0.25, -0.2) is 9.97 Å². The van der Waals surface area contributed by atoms with Crippen LogP contribution in [0.5, 0.6) is 11.5 Å². The molecule has 0 fully saturated rings. The van der Waals surface area contributed by atoms with Crippen molar-refractivity contribution in [3.05, 3.63) is 92.2 Å². The van der Waals surface area contributed by atoms with Gasteiger partial charge in [0.1, 0.15) is 46.6 Å². The van der Waals surface area contributed by atoms with Crippen LogP contribution in [0.2, 0.25) is 0 Å². The normalized spacial score (nSPS) is 12.0. The fraction of sp³-hybridized carbons (Fsp3) is 0.517. The van der Waals surface area contributed by atoms with E-state index in [2.05, 4.69) is 23.8 Å². The first-order valence-corrected chi connectivity index (χ1v) is 26.4. The summed E-state index contributed by atoms with van der Waals surface area (Å²) in [4.78, 5) is 87.9. The molecule has 14 nitrogen and oxygen atoms in total. The van der Waals surface area contributed by atoms with Gasteiger partial charge in [-0.1, -0.05) is 117 Å². The van der Waals surface area contributed by atoms with E-state index in [0.717, 1.165) is 38.5 Å². The summed E-state index contributed by atoms with van der Waals surface area (Å²) in [6.07, 6.45) is 18.4. The van der Waals surface area contributed by atoms with Crippen LogP contribution in [-0.2, 0) is 28.7 Å². The largest absolute Gasteiger partial charge is 0.462 e. The van der Waals surface area contributed by atoms with Gasteiger partial charge in [-0.15, -0.1) is 0 Å². The lowest BCUT2D eigenvalue weighted by Gasteiger charge is -2.23. The van der Waals surface area contributed by atoms with Gasteiger partial charge in [-0.05, 0) is 87.6 Å². The number of fused-ring (bicyclic) bond motifs is 4. The molecule has 14 heteroatoms. The fourth-order valence-corrected chi connectivity index (χ4v) is 9.01. The van der Waals surface area contributed by atoms with Crippen molar-refractivity contribution >= 4 is 46.1 Å². The van der Waals surface area contributed by atoms with Gasteiger partial charge < -0.3 is 27.8 Å². The van der Waals surface area contributed by atoms with Gasteiger partial charge in [0.2, 0.25) is 0 Å². The maximum atomic E-state index is 14.0. The smallest absolute Gasteiger partial charge is 0.311 e. The van der Waals surface area contributed by atoms with E-state index in [-0.39, 0.29) is 72.6 Å². The molecule has 0 saturated heterocycles. The Morgan fingerprint density at radius 3 is 1.38 bits per heavy atom. The molecule has 2 aliphatic heterocycles. The standard InChI is InChI=1S/C58H72N2O12/c1-5-7-9-11-13-15-17-19-21-23-53(63)67-38-44(68-54(64)24-22-20-18-16-14-12-10-8-6-2)33-41(34-55(65)69-49-31-29-47-57(39(49)3)71-51-36-42(61)25-27-45(51)59-47)35-56(66)70-50-32-30-48-58(40(50)4)72-52-37-43(62)26-28-46(52)60-48/h25-32,36-37,41,44H,5-24,33-35,38H2,1-4H3/t44-/m0/s1. The average Bonchev–Trinajstić information content (AvgIpc) is 3.35. The second-order valence-corrected chi connectivity index (χ2v) is 19.2. The highest BCUT2D eigenvalue weighted by Gasteiger charge is 2.29. The molecule has 6 rings (SSSR count). The zero-order valence-corrected chi connectivity index (χ0v) is 42.7. The number of carbonyl (C=O) groups is 4. The van der Waals surface area contributed by atoms with E-state index in [0.29, 0.717) is 57.6 Å². The third-order valence-electron chi connectivity index (χ3n) is 13.1. The first kappa shape index (κ1) is 54.9. The Morgan fingerprint density at radius 2 is 0.931 bits per heavy atom. The Morgan fingerprint density at radius 1 is 0.514 bits per heavy atom. The molecule has 0 saturated carbocycles. The molecule has 2 aromatic carbocycles. The maximum absolute atomic E-state index is 14.0. The number of rotatable bonds is 31. The van der Waals surface area contributed by atoms with Gasteiger partial charge in [0.15, 0.2) is 33.5 Å². The Labute approximate surface area is 422 Å². The maximum Gasteiger partial charge on any atom is 0.311 e. The van der Waals surface area contributed by atoms with Gasteiger partial charge in [0.05, 0.1) is 0 Å². The van der Waals surface area contributed by atoms with Crippen molar-refractivity contribution in [3.8, 4) is 34.4 Å². The zero-order chi connectivity index (χ0) is 51.2. The molecule has 1 atom stereocenters. The van der Waals surface area contributed by atoms with Crippen LogP contribution in [0.15, 0.2) is 79.1 Å². The van der Waals surface area contributed by atoms with Crippen molar-refractivity contribution in [2.45, 2.75) is 181 Å². The summed E-state index contributed by atoms with van der Waals surface area (Å²) in [5.74, 6) is -2.13. The van der Waals surface area contributed by atoms with E-state index < -0.39 is 35.9 Å². The number of hydrogen-bond donors (Lipinski definition) is 0. The molecule has 4 aliphatic rings. The molecule has 0 unspecified atom stereocenters. The van der Waals surface area contributed by atoms with E-state index >= 15 is 0 Å². The number of hydrogen-bond acceptors (Lipinski definition) is 14. The first-order valence-electron chi connectivity index (χ1n) is 26.4. The third-order valence-corrected chi connectivity index (χ3v) is 13.1. The number of benzene rings is 4. The van der Waals surface area contributed by atoms with E-state index in [1.54, 1.807) is 50.2 Å². The van der Waals surface area contributed by atoms with Crippen LogP contribution in [0.4, 0.5) is 0 Å². The number of aryl methyl sites for hydroxylation is 2. The second kappa shape index (κ2) is 28.6. The van der Waals surface area contributed by atoms with Crippen molar-refractivity contribution in [1.29, 1.82) is 0 Å². The first-order chi connectivity index (χ1) is 34.9. The highest BCUT2D eigenvalue weighted by Crippen LogP contribution is 2.34. The monoisotopic (exact) mass is 989 g/mol. The Bertz CT molecular complexity index is 2630. The number of unbranched alkanes of at least 4 members (excludes halogenated alkanes) is 16. The van der Waals surface area contributed by atoms with E-state index in [1.807, 2.05) is 0 Å². The molecule has 2 heterocycles. The van der Waals surface area contributed by atoms with Gasteiger partial charge in [0.25, 0.3) is 0 Å². The topological polar surface area (TPSA) is 191 Å². The molecular formula is C58H72N2O12. The Hall–Kier alpha value is -6.44. The van der Waals surface area contributed by atoms with Crippen molar-refractivity contribution in [1.82, 2.24) is 9.97 Å². The summed E-state index contributed by atoms with van der Waals surface area (Å²) < 4.78 is 35.7. The summed E-state index contributed by atoms with van der Waals surface area (Å²) in [6.45, 7) is 7.56. The number of ether oxygens (including phenoxy) is 4. The van der Waals surface area contributed by atoms with Gasteiger partial charge in [-0.3, -0.25) is 28.8 Å². The predicted octanol–water partition coefficient (Wildman–Crippen LogP) is 13.1. The lowest BCUT2D eigenvalue weighted by atomic mass is 9.94. The average molecular weight is 989 g/mol. The summed E-state index contributed by atoms with van der Waals surface area (Å²) in [5.41, 5.74) is 3.09. The van der Waals surface area contributed by atoms with Crippen LogP contribution in [0.25, 0.3) is 45.1 Å². The van der Waals surface area contributed by atoms with Gasteiger partial charge >= 0.3 is 23.9 Å². The molecular weight excluding hydrogens is 917 g/mol. The van der Waals surface area contributed by atoms with Crippen LogP contribution in [-0.4, -0.2) is 46.6 Å². The van der Waals surface area contributed by atoms with Crippen LogP contribution in [0, 0.1) is 19.8 Å². The summed E-state index contributed by atoms with van der Waals surface area (Å²) >= 11 is 0. The minimum Gasteiger partial charge on any atom is -0.462 e. The molecule has 0 spiro atoms. The number of esters is 4. The summed E-state index contributed by atoms with van der Waals surface area (Å²) in [5, 5.41) is 0. The lowest BCUT2D eigenvalue weighted by Crippen LogP contribution is -2.30. The van der Waals surface area contributed by atoms with Gasteiger partial charge in [-0.2, -0.15) is 0 Å². The van der Waals surface area contributed by atoms with E-state index in [9.17, 15) is 28.8 Å². The Kier molecular flexibility index (Phi) is 21.8. The van der Waals surface area contributed by atoms with Crippen molar-refractivity contribution in [2.24, 2.45) is 5.92 Å². The summed E-state index contributed by atoms with van der Waals surface area (Å²) in [6, 6.07) is 15.1. The van der Waals surface area contributed by atoms with Gasteiger partial charge in [0, 0.05) is 48.9 Å². The SMILES string of the molecule is CCCCCCCCCCCC(=O)OC[C@H](CC(CC(=O)Oc1ccc2nc3ccc(=O)cc-3oc2c1C)CC(=O)Oc1ccc2nc3ccc(=O)cc-3oc2c1C)OC(=O)CCCCCCCCCCC. The highest BCUT2D eigenvalue weighted by atomic mass is 16.6. The van der Waals surface area contributed by atoms with E-state index in [1.165, 1.54) is 88.5 Å². The summed E-state index contributed by atoms with van der Waals surface area (Å²) in [7, 11) is 0. The van der Waals surface area contributed by atoms with Crippen molar-refractivity contribution < 1.29 is 47.0 Å². The highest BCUT2D eigenvalue weighted by molar-refractivity contribution is 5.85. The third kappa shape index (κ3) is 17.1. The Balaban J connectivity index is 1.18. The molecule has 386 valence electrons. The van der Waals surface area contributed by atoms with Crippen LogP contribution in [0.3, 0.4) is 0 Å². The lowest BCUT2D eigenvalue weighted by molar-refractivity contribution is -0.160. The van der Waals surface area contributed by atoms with Crippen molar-refractivity contribution in [3.63, 3.8) is 0 Å². The molecule has 0 N–H and O–H groups in total. The minimum atomic E-state index is -0.980. The molecule has 0 aromatic heterocycles. The molecule has 0 radical (unpaired) electrons. The molecule has 0 amide bonds. The minimum absolute atomic E-state index is 0.0298. The molecule has 2 aliphatic carbocycles. The van der Waals surface area contributed by atoms with Crippen molar-refractivity contribution in [2.75, 3.05) is 6.61 Å². The zero-order valence-electron chi connectivity index (χ0n) is 42.7. The van der Waals surface area contributed by atoms with Crippen LogP contribution >= 0.6 is 0 Å². The number of carbonyl (C=O) groups excluding carboxylic acids is 4. The predicted molar refractivity (Wildman–Crippen MR) is 276 cm³/mol.